The van der Waals surface area contributed by atoms with Crippen LogP contribution in [0.1, 0.15) is 0 Å². The number of hydrogen-bond donors (Lipinski definition) is 1. The van der Waals surface area contributed by atoms with Crippen molar-refractivity contribution >= 4 is 11.6 Å². The van der Waals surface area contributed by atoms with Gasteiger partial charge in [0.2, 0.25) is 0 Å². The van der Waals surface area contributed by atoms with Crippen molar-refractivity contribution in [1.29, 1.82) is 5.41 Å². The molecule has 0 radical (unpaired) electrons. The van der Waals surface area contributed by atoms with E-state index < -0.39 is 0 Å². The van der Waals surface area contributed by atoms with Crippen LogP contribution in [0, 0.1) is 5.41 Å². The van der Waals surface area contributed by atoms with Crippen LogP contribution in [-0.4, -0.2) is 9.55 Å². The summed E-state index contributed by atoms with van der Waals surface area (Å²) in [6.45, 7) is 0. The van der Waals surface area contributed by atoms with Gasteiger partial charge in [-0.1, -0.05) is 11.6 Å². The fourth-order valence-corrected chi connectivity index (χ4v) is 1.60. The number of rotatable bonds is 1. The molecule has 0 saturated heterocycles. The fraction of sp³-hybridized carbons (Fsp3) is 0.0909. The standard InChI is InChI=1S/C11H10ClN3/c1-15-7-8(4-5-10(15)13)9-3-2-6-14-11(9)12/h2-7,13H,1H3. The van der Waals surface area contributed by atoms with Crippen LogP contribution in [0.2, 0.25) is 5.15 Å². The Bertz CT molecular complexity index is 546. The molecule has 3 nitrogen and oxygen atoms in total. The van der Waals surface area contributed by atoms with E-state index in [4.69, 9.17) is 17.0 Å². The molecule has 0 aliphatic rings. The summed E-state index contributed by atoms with van der Waals surface area (Å²) >= 11 is 5.98. The maximum Gasteiger partial charge on any atom is 0.136 e. The van der Waals surface area contributed by atoms with Crippen molar-refractivity contribution in [3.05, 3.63) is 47.3 Å². The quantitative estimate of drug-likeness (QED) is 0.735. The highest BCUT2D eigenvalue weighted by Gasteiger charge is 2.03. The zero-order valence-corrected chi connectivity index (χ0v) is 8.99. The van der Waals surface area contributed by atoms with Crippen LogP contribution in [0.15, 0.2) is 36.7 Å². The van der Waals surface area contributed by atoms with E-state index >= 15 is 0 Å². The Morgan fingerprint density at radius 1 is 1.33 bits per heavy atom. The third-order valence-electron chi connectivity index (χ3n) is 2.20. The van der Waals surface area contributed by atoms with E-state index in [9.17, 15) is 0 Å². The van der Waals surface area contributed by atoms with Gasteiger partial charge < -0.3 is 4.57 Å². The van der Waals surface area contributed by atoms with Gasteiger partial charge in [0, 0.05) is 30.6 Å². The third kappa shape index (κ3) is 1.92. The highest BCUT2D eigenvalue weighted by atomic mass is 35.5. The van der Waals surface area contributed by atoms with Gasteiger partial charge in [0.1, 0.15) is 10.6 Å². The van der Waals surface area contributed by atoms with Crippen molar-refractivity contribution in [3.8, 4) is 11.1 Å². The van der Waals surface area contributed by atoms with Gasteiger partial charge >= 0.3 is 0 Å². The predicted molar refractivity (Wildman–Crippen MR) is 59.5 cm³/mol. The van der Waals surface area contributed by atoms with Crippen molar-refractivity contribution in [1.82, 2.24) is 9.55 Å². The van der Waals surface area contributed by atoms with Gasteiger partial charge in [0.05, 0.1) is 0 Å². The number of aryl methyl sites for hydroxylation is 1. The van der Waals surface area contributed by atoms with Crippen molar-refractivity contribution in [2.24, 2.45) is 7.05 Å². The molecule has 0 saturated carbocycles. The summed E-state index contributed by atoms with van der Waals surface area (Å²) in [6.07, 6.45) is 3.52. The minimum absolute atomic E-state index is 0.457. The van der Waals surface area contributed by atoms with Crippen molar-refractivity contribution < 1.29 is 0 Å². The second-order valence-electron chi connectivity index (χ2n) is 3.26. The van der Waals surface area contributed by atoms with Gasteiger partial charge in [-0.3, -0.25) is 5.41 Å². The average molecular weight is 220 g/mol. The Balaban J connectivity index is 2.60. The molecule has 0 amide bonds. The Hall–Kier alpha value is -1.61. The molecular formula is C11H10ClN3. The lowest BCUT2D eigenvalue weighted by Gasteiger charge is -2.05. The van der Waals surface area contributed by atoms with E-state index in [0.717, 1.165) is 11.1 Å². The lowest BCUT2D eigenvalue weighted by molar-refractivity contribution is 0.818. The summed E-state index contributed by atoms with van der Waals surface area (Å²) in [5.41, 5.74) is 2.31. The third-order valence-corrected chi connectivity index (χ3v) is 2.50. The molecule has 15 heavy (non-hydrogen) atoms. The molecule has 2 rings (SSSR count). The van der Waals surface area contributed by atoms with E-state index in [1.165, 1.54) is 0 Å². The number of pyridine rings is 2. The smallest absolute Gasteiger partial charge is 0.136 e. The average Bonchev–Trinajstić information content (AvgIpc) is 2.23. The van der Waals surface area contributed by atoms with E-state index in [-0.39, 0.29) is 0 Å². The number of hydrogen-bond acceptors (Lipinski definition) is 2. The van der Waals surface area contributed by atoms with Crippen molar-refractivity contribution in [2.75, 3.05) is 0 Å². The van der Waals surface area contributed by atoms with E-state index in [0.29, 0.717) is 10.6 Å². The lowest BCUT2D eigenvalue weighted by atomic mass is 10.1. The Morgan fingerprint density at radius 3 is 2.80 bits per heavy atom. The van der Waals surface area contributed by atoms with E-state index in [1.807, 2.05) is 31.4 Å². The first-order chi connectivity index (χ1) is 7.18. The van der Waals surface area contributed by atoms with Crippen LogP contribution in [0.5, 0.6) is 0 Å². The largest absolute Gasteiger partial charge is 0.336 e. The van der Waals surface area contributed by atoms with Crippen LogP contribution in [0.3, 0.4) is 0 Å². The molecule has 76 valence electrons. The summed E-state index contributed by atoms with van der Waals surface area (Å²) in [4.78, 5) is 4.02. The zero-order chi connectivity index (χ0) is 10.8. The first kappa shape index (κ1) is 9.93. The number of nitrogens with one attached hydrogen (secondary N) is 1. The summed E-state index contributed by atoms with van der Waals surface area (Å²) in [5.74, 6) is 0. The second kappa shape index (κ2) is 3.87. The molecule has 0 aliphatic carbocycles. The molecular weight excluding hydrogens is 210 g/mol. The molecule has 0 aromatic carbocycles. The van der Waals surface area contributed by atoms with Crippen molar-refractivity contribution in [3.63, 3.8) is 0 Å². The number of halogens is 1. The summed E-state index contributed by atoms with van der Waals surface area (Å²) in [5, 5.41) is 8.03. The van der Waals surface area contributed by atoms with E-state index in [2.05, 4.69) is 4.98 Å². The van der Waals surface area contributed by atoms with Crippen LogP contribution >= 0.6 is 11.6 Å². The minimum Gasteiger partial charge on any atom is -0.336 e. The number of nitrogens with zero attached hydrogens (tertiary/aromatic N) is 2. The second-order valence-corrected chi connectivity index (χ2v) is 3.61. The zero-order valence-electron chi connectivity index (χ0n) is 8.24. The van der Waals surface area contributed by atoms with Crippen LogP contribution in [-0.2, 0) is 7.05 Å². The van der Waals surface area contributed by atoms with Crippen LogP contribution in [0.4, 0.5) is 0 Å². The monoisotopic (exact) mass is 219 g/mol. The Kier molecular flexibility index (Phi) is 2.56. The molecule has 0 aliphatic heterocycles. The molecule has 2 aromatic heterocycles. The first-order valence-electron chi connectivity index (χ1n) is 4.50. The summed E-state index contributed by atoms with van der Waals surface area (Å²) in [6, 6.07) is 7.36. The maximum absolute atomic E-state index is 7.55. The summed E-state index contributed by atoms with van der Waals surface area (Å²) in [7, 11) is 1.83. The minimum atomic E-state index is 0.457. The maximum atomic E-state index is 7.55. The van der Waals surface area contributed by atoms with Gasteiger partial charge in [-0.2, -0.15) is 0 Å². The molecule has 0 unspecified atom stereocenters. The molecule has 4 heteroatoms. The van der Waals surface area contributed by atoms with Gasteiger partial charge in [0.15, 0.2) is 0 Å². The van der Waals surface area contributed by atoms with Gasteiger partial charge in [-0.05, 0) is 24.3 Å². The van der Waals surface area contributed by atoms with Crippen LogP contribution in [0.25, 0.3) is 11.1 Å². The molecule has 0 spiro atoms. The summed E-state index contributed by atoms with van der Waals surface area (Å²) < 4.78 is 1.73. The van der Waals surface area contributed by atoms with Gasteiger partial charge in [-0.25, -0.2) is 4.98 Å². The SMILES string of the molecule is Cn1cc(-c2cccnc2Cl)ccc1=N. The predicted octanol–water partition coefficient (Wildman–Crippen LogP) is 2.22. The van der Waals surface area contributed by atoms with Gasteiger partial charge in [0.25, 0.3) is 0 Å². The molecule has 0 atom stereocenters. The number of aromatic nitrogens is 2. The fourth-order valence-electron chi connectivity index (χ4n) is 1.37. The van der Waals surface area contributed by atoms with Crippen molar-refractivity contribution in [2.45, 2.75) is 0 Å². The highest BCUT2D eigenvalue weighted by molar-refractivity contribution is 6.32. The first-order valence-corrected chi connectivity index (χ1v) is 4.88. The molecule has 2 aromatic rings. The van der Waals surface area contributed by atoms with Gasteiger partial charge in [-0.15, -0.1) is 0 Å². The Labute approximate surface area is 92.5 Å². The normalized spacial score (nSPS) is 10.3. The topological polar surface area (TPSA) is 41.7 Å². The lowest BCUT2D eigenvalue weighted by Crippen LogP contribution is -2.14. The molecule has 0 fully saturated rings. The molecule has 2 heterocycles. The highest BCUT2D eigenvalue weighted by Crippen LogP contribution is 2.24. The molecule has 1 N–H and O–H groups in total. The van der Waals surface area contributed by atoms with Crippen LogP contribution < -0.4 is 5.49 Å². The van der Waals surface area contributed by atoms with E-state index in [1.54, 1.807) is 16.8 Å². The Morgan fingerprint density at radius 2 is 2.13 bits per heavy atom. The molecule has 0 bridgehead atoms.